The van der Waals surface area contributed by atoms with Crippen LogP contribution in [0, 0.1) is 10.1 Å². The number of nitro benzene ring substituents is 1. The predicted molar refractivity (Wildman–Crippen MR) is 69.6 cm³/mol. The first-order valence-electron chi connectivity index (χ1n) is 5.49. The molecule has 0 unspecified atom stereocenters. The zero-order chi connectivity index (χ0) is 12.8. The molecule has 0 saturated carbocycles. The number of nitro groups is 1. The summed E-state index contributed by atoms with van der Waals surface area (Å²) in [5.41, 5.74) is 0.827. The summed E-state index contributed by atoms with van der Waals surface area (Å²) in [5, 5.41) is 11.1. The van der Waals surface area contributed by atoms with Gasteiger partial charge in [-0.05, 0) is 11.8 Å². The molecule has 0 fully saturated rings. The van der Waals surface area contributed by atoms with Crippen molar-refractivity contribution in [3.63, 3.8) is 0 Å². The maximum atomic E-state index is 11.7. The number of para-hydroxylation sites is 1. The topological polar surface area (TPSA) is 60.2 Å². The second kappa shape index (κ2) is 6.39. The summed E-state index contributed by atoms with van der Waals surface area (Å²) in [4.78, 5) is 22.3. The number of carbonyl (C=O) groups excluding carboxylic acids is 1. The lowest BCUT2D eigenvalue weighted by atomic mass is 10.0. The van der Waals surface area contributed by atoms with Gasteiger partial charge >= 0.3 is 0 Å². The van der Waals surface area contributed by atoms with Crippen LogP contribution in [0.5, 0.6) is 0 Å². The molecule has 5 heteroatoms. The fourth-order valence-electron chi connectivity index (χ4n) is 1.55. The minimum absolute atomic E-state index is 0.0275. The molecule has 0 aliphatic rings. The van der Waals surface area contributed by atoms with E-state index in [2.05, 4.69) is 0 Å². The molecule has 0 spiro atoms. The largest absolute Gasteiger partial charge is 0.294 e. The number of thioether (sulfide) groups is 1. The van der Waals surface area contributed by atoms with Crippen molar-refractivity contribution in [3.05, 3.63) is 39.4 Å². The third-order valence-corrected chi connectivity index (χ3v) is 3.31. The molecule has 0 aromatic heterocycles. The van der Waals surface area contributed by atoms with E-state index in [1.165, 1.54) is 6.07 Å². The molecule has 0 amide bonds. The molecule has 0 saturated heterocycles. The normalized spacial score (nSPS) is 10.2. The molecule has 17 heavy (non-hydrogen) atoms. The van der Waals surface area contributed by atoms with Gasteiger partial charge in [0.25, 0.3) is 5.69 Å². The van der Waals surface area contributed by atoms with Crippen LogP contribution in [0.2, 0.25) is 0 Å². The molecule has 1 aromatic carbocycles. The number of ketones is 1. The average molecular weight is 253 g/mol. The van der Waals surface area contributed by atoms with Crippen LogP contribution in [-0.4, -0.2) is 16.5 Å². The van der Waals surface area contributed by atoms with E-state index in [4.69, 9.17) is 0 Å². The Balaban J connectivity index is 3.22. The van der Waals surface area contributed by atoms with E-state index in [1.54, 1.807) is 30.8 Å². The van der Waals surface area contributed by atoms with Crippen LogP contribution in [0.25, 0.3) is 0 Å². The zero-order valence-corrected chi connectivity index (χ0v) is 10.8. The van der Waals surface area contributed by atoms with Crippen molar-refractivity contribution in [3.8, 4) is 0 Å². The standard InChI is InChI=1S/C12H15NO3S/c1-3-11(14)10-7-5-6-9(8-17-4-2)12(10)13(15)16/h5-7H,3-4,8H2,1-2H3. The highest BCUT2D eigenvalue weighted by atomic mass is 32.2. The van der Waals surface area contributed by atoms with Crippen molar-refractivity contribution >= 4 is 23.2 Å². The minimum Gasteiger partial charge on any atom is -0.294 e. The third kappa shape index (κ3) is 3.30. The summed E-state index contributed by atoms with van der Waals surface area (Å²) in [5.74, 6) is 1.28. The Bertz CT molecular complexity index is 432. The summed E-state index contributed by atoms with van der Waals surface area (Å²) < 4.78 is 0. The van der Waals surface area contributed by atoms with Gasteiger partial charge in [0.15, 0.2) is 5.78 Å². The number of rotatable bonds is 6. The number of hydrogen-bond donors (Lipinski definition) is 0. The van der Waals surface area contributed by atoms with Gasteiger partial charge in [0.2, 0.25) is 0 Å². The Morgan fingerprint density at radius 3 is 2.65 bits per heavy atom. The van der Waals surface area contributed by atoms with Gasteiger partial charge < -0.3 is 0 Å². The number of Topliss-reactive ketones (excluding diaryl/α,β-unsaturated/α-hetero) is 1. The lowest BCUT2D eigenvalue weighted by Gasteiger charge is -2.06. The van der Waals surface area contributed by atoms with Crippen molar-refractivity contribution < 1.29 is 9.72 Å². The van der Waals surface area contributed by atoms with Crippen LogP contribution in [0.15, 0.2) is 18.2 Å². The fraction of sp³-hybridized carbons (Fsp3) is 0.417. The van der Waals surface area contributed by atoms with Gasteiger partial charge in [0.05, 0.1) is 10.5 Å². The molecular formula is C12H15NO3S. The van der Waals surface area contributed by atoms with Gasteiger partial charge in [-0.25, -0.2) is 0 Å². The lowest BCUT2D eigenvalue weighted by Crippen LogP contribution is -2.05. The van der Waals surface area contributed by atoms with Crippen LogP contribution in [0.4, 0.5) is 5.69 Å². The van der Waals surface area contributed by atoms with Gasteiger partial charge in [0, 0.05) is 17.7 Å². The number of nitrogens with zero attached hydrogens (tertiary/aromatic N) is 1. The van der Waals surface area contributed by atoms with Gasteiger partial charge in [-0.2, -0.15) is 11.8 Å². The first kappa shape index (κ1) is 13.7. The number of carbonyl (C=O) groups is 1. The first-order valence-corrected chi connectivity index (χ1v) is 6.64. The Labute approximate surface area is 105 Å². The average Bonchev–Trinajstić information content (AvgIpc) is 2.34. The van der Waals surface area contributed by atoms with E-state index in [0.29, 0.717) is 11.3 Å². The summed E-state index contributed by atoms with van der Waals surface area (Å²) in [6, 6.07) is 4.96. The van der Waals surface area contributed by atoms with Crippen LogP contribution < -0.4 is 0 Å². The van der Waals surface area contributed by atoms with Crippen LogP contribution in [0.3, 0.4) is 0 Å². The molecule has 1 aromatic rings. The number of benzene rings is 1. The van der Waals surface area contributed by atoms with Gasteiger partial charge in [0.1, 0.15) is 0 Å². The smallest absolute Gasteiger partial charge is 0.284 e. The molecule has 0 heterocycles. The monoisotopic (exact) mass is 253 g/mol. The van der Waals surface area contributed by atoms with Crippen molar-refractivity contribution in [2.45, 2.75) is 26.0 Å². The number of hydrogen-bond acceptors (Lipinski definition) is 4. The Morgan fingerprint density at radius 2 is 2.12 bits per heavy atom. The molecule has 0 aliphatic carbocycles. The second-order valence-corrected chi connectivity index (χ2v) is 4.76. The van der Waals surface area contributed by atoms with Gasteiger partial charge in [-0.1, -0.05) is 26.0 Å². The van der Waals surface area contributed by atoms with Crippen LogP contribution in [0.1, 0.15) is 36.2 Å². The van der Waals surface area contributed by atoms with E-state index < -0.39 is 4.92 Å². The predicted octanol–water partition coefficient (Wildman–Crippen LogP) is 3.44. The second-order valence-electron chi connectivity index (χ2n) is 3.48. The van der Waals surface area contributed by atoms with E-state index >= 15 is 0 Å². The molecule has 92 valence electrons. The maximum Gasteiger partial charge on any atom is 0.284 e. The molecule has 0 aliphatic heterocycles. The third-order valence-electron chi connectivity index (χ3n) is 2.39. The Hall–Kier alpha value is -1.36. The SMILES string of the molecule is CCSCc1cccc(C(=O)CC)c1[N+](=O)[O-]. The van der Waals surface area contributed by atoms with Crippen molar-refractivity contribution in [2.75, 3.05) is 5.75 Å². The van der Waals surface area contributed by atoms with Gasteiger partial charge in [-0.15, -0.1) is 0 Å². The molecule has 0 N–H and O–H groups in total. The summed E-state index contributed by atoms with van der Waals surface area (Å²) in [6.45, 7) is 3.71. The molecule has 1 rings (SSSR count). The molecule has 0 bridgehead atoms. The summed E-state index contributed by atoms with van der Waals surface area (Å²) in [6.07, 6.45) is 0.283. The highest BCUT2D eigenvalue weighted by molar-refractivity contribution is 7.98. The lowest BCUT2D eigenvalue weighted by molar-refractivity contribution is -0.385. The van der Waals surface area contributed by atoms with E-state index in [1.807, 2.05) is 6.92 Å². The van der Waals surface area contributed by atoms with E-state index in [9.17, 15) is 14.9 Å². The molecule has 4 nitrogen and oxygen atoms in total. The molecular weight excluding hydrogens is 238 g/mol. The maximum absolute atomic E-state index is 11.7. The van der Waals surface area contributed by atoms with E-state index in [0.717, 1.165) is 5.75 Å². The molecule has 0 atom stereocenters. The summed E-state index contributed by atoms with van der Waals surface area (Å²) >= 11 is 1.61. The van der Waals surface area contributed by atoms with E-state index in [-0.39, 0.29) is 23.5 Å². The van der Waals surface area contributed by atoms with Crippen molar-refractivity contribution in [2.24, 2.45) is 0 Å². The zero-order valence-electron chi connectivity index (χ0n) is 9.93. The Morgan fingerprint density at radius 1 is 1.41 bits per heavy atom. The molecule has 0 radical (unpaired) electrons. The van der Waals surface area contributed by atoms with Crippen LogP contribution >= 0.6 is 11.8 Å². The highest BCUT2D eigenvalue weighted by Crippen LogP contribution is 2.28. The first-order chi connectivity index (χ1) is 8.11. The quantitative estimate of drug-likeness (QED) is 0.442. The van der Waals surface area contributed by atoms with Gasteiger partial charge in [-0.3, -0.25) is 14.9 Å². The highest BCUT2D eigenvalue weighted by Gasteiger charge is 2.22. The van der Waals surface area contributed by atoms with Crippen LogP contribution in [-0.2, 0) is 5.75 Å². The summed E-state index contributed by atoms with van der Waals surface area (Å²) in [7, 11) is 0. The van der Waals surface area contributed by atoms with Crippen molar-refractivity contribution in [1.29, 1.82) is 0 Å². The Kier molecular flexibility index (Phi) is 5.15. The minimum atomic E-state index is -0.450. The van der Waals surface area contributed by atoms with Crippen molar-refractivity contribution in [1.82, 2.24) is 0 Å². The fourth-order valence-corrected chi connectivity index (χ4v) is 2.21.